The fourth-order valence-corrected chi connectivity index (χ4v) is 2.64. The van der Waals surface area contributed by atoms with Gasteiger partial charge in [-0.15, -0.1) is 0 Å². The second-order valence-corrected chi connectivity index (χ2v) is 4.38. The highest BCUT2D eigenvalue weighted by Crippen LogP contribution is 2.19. The van der Waals surface area contributed by atoms with Crippen molar-refractivity contribution >= 4 is 0 Å². The molecule has 3 heteroatoms. The first-order valence-electron chi connectivity index (χ1n) is 6.51. The molecule has 0 aromatic carbocycles. The topological polar surface area (TPSA) is 32.5 Å². The molecule has 1 atom stereocenters. The number of hydrogen-bond donors (Lipinski definition) is 1. The molecule has 1 fully saturated rings. The molecule has 0 aromatic heterocycles. The minimum Gasteiger partial charge on any atom is -0.329 e. The Morgan fingerprint density at radius 3 is 2.53 bits per heavy atom. The Kier molecular flexibility index (Phi) is 6.22. The molecule has 1 saturated heterocycles. The van der Waals surface area contributed by atoms with E-state index in [0.29, 0.717) is 6.17 Å². The molecule has 2 N–H and O–H groups in total. The average molecular weight is 213 g/mol. The van der Waals surface area contributed by atoms with Crippen LogP contribution < -0.4 is 5.73 Å². The quantitative estimate of drug-likeness (QED) is 0.751. The van der Waals surface area contributed by atoms with Crippen molar-refractivity contribution in [3.8, 4) is 0 Å². The molecule has 0 aliphatic carbocycles. The highest BCUT2D eigenvalue weighted by molar-refractivity contribution is 4.75. The van der Waals surface area contributed by atoms with Crippen molar-refractivity contribution in [1.29, 1.82) is 0 Å². The van der Waals surface area contributed by atoms with Crippen LogP contribution in [0.25, 0.3) is 0 Å². The molecule has 90 valence electrons. The normalized spacial score (nSPS) is 24.4. The molecule has 0 amide bonds. The third-order valence-electron chi connectivity index (χ3n) is 3.48. The van der Waals surface area contributed by atoms with Gasteiger partial charge in [0.25, 0.3) is 0 Å². The first-order valence-corrected chi connectivity index (χ1v) is 6.51. The second kappa shape index (κ2) is 7.20. The number of likely N-dealkylation sites (tertiary alicyclic amines) is 1. The van der Waals surface area contributed by atoms with Crippen molar-refractivity contribution in [3.05, 3.63) is 0 Å². The molecule has 1 rings (SSSR count). The predicted molar refractivity (Wildman–Crippen MR) is 65.8 cm³/mol. The molecule has 15 heavy (non-hydrogen) atoms. The van der Waals surface area contributed by atoms with Crippen LogP contribution in [0.5, 0.6) is 0 Å². The Bertz CT molecular complexity index is 157. The molecule has 0 saturated carbocycles. The molecule has 1 unspecified atom stereocenters. The molecule has 1 aliphatic heterocycles. The molecule has 0 aromatic rings. The first kappa shape index (κ1) is 12.9. The van der Waals surface area contributed by atoms with Crippen molar-refractivity contribution in [2.24, 2.45) is 5.73 Å². The van der Waals surface area contributed by atoms with Crippen LogP contribution in [-0.4, -0.2) is 48.7 Å². The lowest BCUT2D eigenvalue weighted by Gasteiger charge is -2.37. The molecule has 1 heterocycles. The highest BCUT2D eigenvalue weighted by Gasteiger charge is 2.24. The Morgan fingerprint density at radius 1 is 1.20 bits per heavy atom. The molecular formula is C12H27N3. The molecule has 0 spiro atoms. The summed E-state index contributed by atoms with van der Waals surface area (Å²) in [5.41, 5.74) is 5.70. The van der Waals surface area contributed by atoms with E-state index in [4.69, 9.17) is 5.73 Å². The van der Waals surface area contributed by atoms with E-state index < -0.39 is 0 Å². The monoisotopic (exact) mass is 213 g/mol. The van der Waals surface area contributed by atoms with Crippen LogP contribution in [-0.2, 0) is 0 Å². The Balaban J connectivity index is 2.59. The lowest BCUT2D eigenvalue weighted by Crippen LogP contribution is -2.49. The Morgan fingerprint density at radius 2 is 1.93 bits per heavy atom. The van der Waals surface area contributed by atoms with Gasteiger partial charge in [-0.05, 0) is 32.5 Å². The highest BCUT2D eigenvalue weighted by atomic mass is 15.3. The summed E-state index contributed by atoms with van der Waals surface area (Å²) in [6.07, 6.45) is 6.08. The number of hydrogen-bond acceptors (Lipinski definition) is 3. The second-order valence-electron chi connectivity index (χ2n) is 4.38. The fourth-order valence-electron chi connectivity index (χ4n) is 2.64. The standard InChI is InChI=1S/C12H27N3/c1-3-14(4-2)12-8-6-5-7-10-15(12)11-9-13/h12H,3-11,13H2,1-2H3. The van der Waals surface area contributed by atoms with Crippen LogP contribution in [0.2, 0.25) is 0 Å². The summed E-state index contributed by atoms with van der Waals surface area (Å²) in [5, 5.41) is 0. The summed E-state index contributed by atoms with van der Waals surface area (Å²) in [6.45, 7) is 9.91. The van der Waals surface area contributed by atoms with Crippen LogP contribution in [0.15, 0.2) is 0 Å². The van der Waals surface area contributed by atoms with Gasteiger partial charge >= 0.3 is 0 Å². The molecule has 3 nitrogen and oxygen atoms in total. The van der Waals surface area contributed by atoms with Gasteiger partial charge in [-0.25, -0.2) is 0 Å². The van der Waals surface area contributed by atoms with E-state index in [9.17, 15) is 0 Å². The van der Waals surface area contributed by atoms with Gasteiger partial charge in [-0.3, -0.25) is 9.80 Å². The summed E-state index contributed by atoms with van der Waals surface area (Å²) >= 11 is 0. The van der Waals surface area contributed by atoms with Crippen LogP contribution in [0, 0.1) is 0 Å². The Hall–Kier alpha value is -0.120. The Labute approximate surface area is 94.6 Å². The SMILES string of the molecule is CCN(CC)C1CCCCCN1CCN. The van der Waals surface area contributed by atoms with E-state index >= 15 is 0 Å². The number of rotatable bonds is 5. The molecule has 1 aliphatic rings. The van der Waals surface area contributed by atoms with E-state index in [1.54, 1.807) is 0 Å². The van der Waals surface area contributed by atoms with E-state index in [0.717, 1.165) is 26.2 Å². The summed E-state index contributed by atoms with van der Waals surface area (Å²) in [6, 6.07) is 0. The van der Waals surface area contributed by atoms with Gasteiger partial charge in [0.15, 0.2) is 0 Å². The van der Waals surface area contributed by atoms with Crippen LogP contribution in [0.3, 0.4) is 0 Å². The summed E-state index contributed by atoms with van der Waals surface area (Å²) in [4.78, 5) is 5.15. The van der Waals surface area contributed by atoms with Crippen LogP contribution >= 0.6 is 0 Å². The summed E-state index contributed by atoms with van der Waals surface area (Å²) < 4.78 is 0. The van der Waals surface area contributed by atoms with E-state index in [1.165, 1.54) is 32.2 Å². The first-order chi connectivity index (χ1) is 7.33. The van der Waals surface area contributed by atoms with Crippen LogP contribution in [0.1, 0.15) is 39.5 Å². The molecular weight excluding hydrogens is 186 g/mol. The molecule has 0 bridgehead atoms. The maximum atomic E-state index is 5.70. The van der Waals surface area contributed by atoms with Crippen LogP contribution in [0.4, 0.5) is 0 Å². The maximum Gasteiger partial charge on any atom is 0.0622 e. The van der Waals surface area contributed by atoms with Crippen molar-refractivity contribution in [2.75, 3.05) is 32.7 Å². The van der Waals surface area contributed by atoms with E-state index in [2.05, 4.69) is 23.6 Å². The largest absolute Gasteiger partial charge is 0.329 e. The van der Waals surface area contributed by atoms with Gasteiger partial charge in [0.1, 0.15) is 0 Å². The van der Waals surface area contributed by atoms with Crippen molar-refractivity contribution in [1.82, 2.24) is 9.80 Å². The maximum absolute atomic E-state index is 5.70. The third kappa shape index (κ3) is 3.74. The number of nitrogens with zero attached hydrogens (tertiary/aromatic N) is 2. The summed E-state index contributed by atoms with van der Waals surface area (Å²) in [5.74, 6) is 0. The van der Waals surface area contributed by atoms with Gasteiger partial charge < -0.3 is 5.73 Å². The zero-order valence-corrected chi connectivity index (χ0v) is 10.4. The fraction of sp³-hybridized carbons (Fsp3) is 1.00. The smallest absolute Gasteiger partial charge is 0.0622 e. The lowest BCUT2D eigenvalue weighted by atomic mass is 10.2. The minimum absolute atomic E-state index is 0.644. The molecule has 0 radical (unpaired) electrons. The summed E-state index contributed by atoms with van der Waals surface area (Å²) in [7, 11) is 0. The van der Waals surface area contributed by atoms with Gasteiger partial charge in [0.05, 0.1) is 6.17 Å². The van der Waals surface area contributed by atoms with Gasteiger partial charge in [0.2, 0.25) is 0 Å². The van der Waals surface area contributed by atoms with Crippen molar-refractivity contribution < 1.29 is 0 Å². The third-order valence-corrected chi connectivity index (χ3v) is 3.48. The average Bonchev–Trinajstić information content (AvgIpc) is 2.47. The number of nitrogens with two attached hydrogens (primary N) is 1. The van der Waals surface area contributed by atoms with E-state index in [1.807, 2.05) is 0 Å². The lowest BCUT2D eigenvalue weighted by molar-refractivity contribution is 0.0521. The van der Waals surface area contributed by atoms with Gasteiger partial charge in [-0.1, -0.05) is 26.7 Å². The van der Waals surface area contributed by atoms with Gasteiger partial charge in [0, 0.05) is 13.1 Å². The van der Waals surface area contributed by atoms with Crippen molar-refractivity contribution in [2.45, 2.75) is 45.7 Å². The predicted octanol–water partition coefficient (Wildman–Crippen LogP) is 1.49. The van der Waals surface area contributed by atoms with Crippen molar-refractivity contribution in [3.63, 3.8) is 0 Å². The van der Waals surface area contributed by atoms with E-state index in [-0.39, 0.29) is 0 Å². The zero-order valence-electron chi connectivity index (χ0n) is 10.4. The van der Waals surface area contributed by atoms with Gasteiger partial charge in [-0.2, -0.15) is 0 Å². The minimum atomic E-state index is 0.644. The zero-order chi connectivity index (χ0) is 11.1.